The van der Waals surface area contributed by atoms with Gasteiger partial charge >= 0.3 is 5.97 Å². The highest BCUT2D eigenvalue weighted by molar-refractivity contribution is 5.77. The minimum Gasteiger partial charge on any atom is -0.468 e. The summed E-state index contributed by atoms with van der Waals surface area (Å²) >= 11 is 0. The van der Waals surface area contributed by atoms with Crippen LogP contribution in [0.15, 0.2) is 0 Å². The summed E-state index contributed by atoms with van der Waals surface area (Å²) in [4.78, 5) is 13.9. The van der Waals surface area contributed by atoms with Gasteiger partial charge in [-0.25, -0.2) is 0 Å². The summed E-state index contributed by atoms with van der Waals surface area (Å²) in [5, 5.41) is 0. The third kappa shape index (κ3) is 1.96. The highest BCUT2D eigenvalue weighted by atomic mass is 16.5. The van der Waals surface area contributed by atoms with Gasteiger partial charge in [-0.15, -0.1) is 0 Å². The first-order valence-corrected chi connectivity index (χ1v) is 6.12. The van der Waals surface area contributed by atoms with Crippen molar-refractivity contribution < 1.29 is 9.53 Å². The third-order valence-corrected chi connectivity index (χ3v) is 4.43. The standard InChI is InChI=1S/C12H22N2O2/c1-14-7-3-9(4-8-14)12(5-6-12)10(13)11(15)16-2/h9-10H,3-8,13H2,1-2H3. The van der Waals surface area contributed by atoms with Crippen LogP contribution in [0.5, 0.6) is 0 Å². The molecule has 2 N–H and O–H groups in total. The molecule has 1 saturated heterocycles. The zero-order chi connectivity index (χ0) is 11.8. The van der Waals surface area contributed by atoms with E-state index in [-0.39, 0.29) is 11.4 Å². The first kappa shape index (κ1) is 11.9. The molecule has 1 heterocycles. The van der Waals surface area contributed by atoms with Crippen molar-refractivity contribution in [3.63, 3.8) is 0 Å². The molecule has 2 fully saturated rings. The van der Waals surface area contributed by atoms with E-state index in [1.807, 2.05) is 0 Å². The molecule has 92 valence electrons. The maximum absolute atomic E-state index is 11.5. The van der Waals surface area contributed by atoms with Crippen LogP contribution < -0.4 is 5.73 Å². The summed E-state index contributed by atoms with van der Waals surface area (Å²) in [5.74, 6) is 0.370. The zero-order valence-corrected chi connectivity index (χ0v) is 10.2. The number of methoxy groups -OCH3 is 1. The van der Waals surface area contributed by atoms with Gasteiger partial charge in [-0.3, -0.25) is 4.79 Å². The van der Waals surface area contributed by atoms with E-state index in [0.29, 0.717) is 5.92 Å². The molecule has 0 bridgehead atoms. The highest BCUT2D eigenvalue weighted by Gasteiger charge is 2.56. The van der Waals surface area contributed by atoms with Gasteiger partial charge in [0.2, 0.25) is 0 Å². The Morgan fingerprint density at radius 1 is 1.44 bits per heavy atom. The quantitative estimate of drug-likeness (QED) is 0.716. The first-order chi connectivity index (χ1) is 7.60. The van der Waals surface area contributed by atoms with Gasteiger partial charge in [0.05, 0.1) is 7.11 Å². The molecule has 0 aromatic rings. The third-order valence-electron chi connectivity index (χ3n) is 4.43. The van der Waals surface area contributed by atoms with E-state index in [1.165, 1.54) is 20.0 Å². The molecule has 2 aliphatic rings. The van der Waals surface area contributed by atoms with Crippen LogP contribution in [0.4, 0.5) is 0 Å². The van der Waals surface area contributed by atoms with E-state index in [2.05, 4.69) is 11.9 Å². The Balaban J connectivity index is 2.00. The molecule has 0 aromatic heterocycles. The van der Waals surface area contributed by atoms with Gasteiger partial charge in [0.25, 0.3) is 0 Å². The van der Waals surface area contributed by atoms with Crippen LogP contribution in [0.1, 0.15) is 25.7 Å². The zero-order valence-electron chi connectivity index (χ0n) is 10.2. The maximum atomic E-state index is 11.5. The van der Waals surface area contributed by atoms with E-state index in [1.54, 1.807) is 0 Å². The van der Waals surface area contributed by atoms with E-state index in [4.69, 9.17) is 10.5 Å². The number of nitrogens with two attached hydrogens (primary N) is 1. The number of likely N-dealkylation sites (tertiary alicyclic amines) is 1. The molecular weight excluding hydrogens is 204 g/mol. The minimum atomic E-state index is -0.411. The molecule has 4 heteroatoms. The first-order valence-electron chi connectivity index (χ1n) is 6.12. The molecule has 1 saturated carbocycles. The fraction of sp³-hybridized carbons (Fsp3) is 0.917. The monoisotopic (exact) mass is 226 g/mol. The van der Waals surface area contributed by atoms with Crippen LogP contribution in [-0.4, -0.2) is 44.2 Å². The molecule has 0 spiro atoms. The summed E-state index contributed by atoms with van der Waals surface area (Å²) in [6.07, 6.45) is 4.53. The number of piperidine rings is 1. The molecule has 1 aliphatic heterocycles. The number of ether oxygens (including phenoxy) is 1. The second-order valence-corrected chi connectivity index (χ2v) is 5.31. The van der Waals surface area contributed by atoms with Gasteiger partial charge in [-0.2, -0.15) is 0 Å². The fourth-order valence-corrected chi connectivity index (χ4v) is 3.06. The number of hydrogen-bond donors (Lipinski definition) is 1. The molecule has 1 aliphatic carbocycles. The highest BCUT2D eigenvalue weighted by Crippen LogP contribution is 2.57. The molecular formula is C12H22N2O2. The maximum Gasteiger partial charge on any atom is 0.323 e. The molecule has 0 aromatic carbocycles. The second-order valence-electron chi connectivity index (χ2n) is 5.31. The Hall–Kier alpha value is -0.610. The van der Waals surface area contributed by atoms with Crippen LogP contribution in [0.3, 0.4) is 0 Å². The summed E-state index contributed by atoms with van der Waals surface area (Å²) in [5.41, 5.74) is 6.11. The molecule has 2 rings (SSSR count). The number of hydrogen-bond acceptors (Lipinski definition) is 4. The lowest BCUT2D eigenvalue weighted by Gasteiger charge is -2.36. The van der Waals surface area contributed by atoms with Gasteiger partial charge in [-0.1, -0.05) is 0 Å². The van der Waals surface area contributed by atoms with E-state index in [9.17, 15) is 4.79 Å². The average molecular weight is 226 g/mol. The Labute approximate surface area is 97.1 Å². The molecule has 4 nitrogen and oxygen atoms in total. The molecule has 1 unspecified atom stereocenters. The van der Waals surface area contributed by atoms with Crippen molar-refractivity contribution in [2.75, 3.05) is 27.2 Å². The average Bonchev–Trinajstić information content (AvgIpc) is 3.09. The lowest BCUT2D eigenvalue weighted by molar-refractivity contribution is -0.144. The van der Waals surface area contributed by atoms with Gasteiger partial charge in [0, 0.05) is 0 Å². The molecule has 0 amide bonds. The van der Waals surface area contributed by atoms with Crippen LogP contribution in [0, 0.1) is 11.3 Å². The summed E-state index contributed by atoms with van der Waals surface area (Å²) < 4.78 is 4.78. The van der Waals surface area contributed by atoms with Crippen LogP contribution >= 0.6 is 0 Å². The fourth-order valence-electron chi connectivity index (χ4n) is 3.06. The van der Waals surface area contributed by atoms with E-state index < -0.39 is 6.04 Å². The number of nitrogens with zero attached hydrogens (tertiary/aromatic N) is 1. The number of carbonyl (C=O) groups is 1. The van der Waals surface area contributed by atoms with Gasteiger partial charge in [0.15, 0.2) is 0 Å². The Kier molecular flexibility index (Phi) is 3.22. The SMILES string of the molecule is COC(=O)C(N)C1(C2CCN(C)CC2)CC1. The number of carbonyl (C=O) groups excluding carboxylic acids is 1. The molecule has 16 heavy (non-hydrogen) atoms. The van der Waals surface area contributed by atoms with Crippen molar-refractivity contribution in [2.45, 2.75) is 31.7 Å². The Morgan fingerprint density at radius 2 is 2.00 bits per heavy atom. The second kappa shape index (κ2) is 4.34. The van der Waals surface area contributed by atoms with Gasteiger partial charge in [-0.05, 0) is 57.2 Å². The van der Waals surface area contributed by atoms with E-state index in [0.717, 1.165) is 25.9 Å². The summed E-state index contributed by atoms with van der Waals surface area (Å²) in [6, 6.07) is -0.411. The van der Waals surface area contributed by atoms with Crippen molar-refractivity contribution in [3.8, 4) is 0 Å². The summed E-state index contributed by atoms with van der Waals surface area (Å²) in [7, 11) is 3.57. The molecule has 0 radical (unpaired) electrons. The Morgan fingerprint density at radius 3 is 2.44 bits per heavy atom. The number of esters is 1. The summed E-state index contributed by atoms with van der Waals surface area (Å²) in [6.45, 7) is 2.25. The normalized spacial score (nSPS) is 27.4. The number of rotatable bonds is 3. The van der Waals surface area contributed by atoms with Crippen molar-refractivity contribution >= 4 is 5.97 Å². The Bertz CT molecular complexity index is 268. The predicted molar refractivity (Wildman–Crippen MR) is 61.9 cm³/mol. The predicted octanol–water partition coefficient (Wildman–Crippen LogP) is 0.609. The van der Waals surface area contributed by atoms with Crippen LogP contribution in [-0.2, 0) is 9.53 Å². The van der Waals surface area contributed by atoms with Crippen molar-refractivity contribution in [3.05, 3.63) is 0 Å². The largest absolute Gasteiger partial charge is 0.468 e. The minimum absolute atomic E-state index is 0.0638. The van der Waals surface area contributed by atoms with Gasteiger partial charge in [0.1, 0.15) is 6.04 Å². The van der Waals surface area contributed by atoms with Crippen LogP contribution in [0.2, 0.25) is 0 Å². The lowest BCUT2D eigenvalue weighted by Crippen LogP contribution is -2.46. The van der Waals surface area contributed by atoms with Crippen LogP contribution in [0.25, 0.3) is 0 Å². The van der Waals surface area contributed by atoms with Crippen molar-refractivity contribution in [2.24, 2.45) is 17.1 Å². The smallest absolute Gasteiger partial charge is 0.323 e. The lowest BCUT2D eigenvalue weighted by atomic mass is 9.77. The van der Waals surface area contributed by atoms with E-state index >= 15 is 0 Å². The topological polar surface area (TPSA) is 55.6 Å². The van der Waals surface area contributed by atoms with Crippen molar-refractivity contribution in [1.82, 2.24) is 4.90 Å². The van der Waals surface area contributed by atoms with Crippen molar-refractivity contribution in [1.29, 1.82) is 0 Å². The van der Waals surface area contributed by atoms with Gasteiger partial charge < -0.3 is 15.4 Å². The molecule has 1 atom stereocenters.